The third kappa shape index (κ3) is 4.53. The maximum atomic E-state index is 13.5. The molecule has 1 aliphatic rings. The van der Waals surface area contributed by atoms with Crippen molar-refractivity contribution in [1.29, 1.82) is 0 Å². The van der Waals surface area contributed by atoms with E-state index in [1.54, 1.807) is 30.5 Å². The molecule has 0 radical (unpaired) electrons. The predicted molar refractivity (Wildman–Crippen MR) is 130 cm³/mol. The van der Waals surface area contributed by atoms with Crippen LogP contribution in [0.25, 0.3) is 11.1 Å². The fourth-order valence-corrected chi connectivity index (χ4v) is 4.63. The molecule has 2 heterocycles. The topological polar surface area (TPSA) is 60.3 Å². The van der Waals surface area contributed by atoms with Gasteiger partial charge in [0.05, 0.1) is 27.8 Å². The van der Waals surface area contributed by atoms with Crippen LogP contribution in [-0.4, -0.2) is 10.5 Å². The molecule has 1 unspecified atom stereocenters. The molecule has 0 aliphatic carbocycles. The second kappa shape index (κ2) is 9.22. The van der Waals surface area contributed by atoms with Gasteiger partial charge in [-0.1, -0.05) is 67.9 Å². The van der Waals surface area contributed by atoms with Crippen molar-refractivity contribution in [2.45, 2.75) is 37.3 Å². The first kappa shape index (κ1) is 22.8. The highest BCUT2D eigenvalue weighted by molar-refractivity contribution is 7.99. The van der Waals surface area contributed by atoms with Gasteiger partial charge in [0.1, 0.15) is 0 Å². The molecule has 0 amide bonds. The van der Waals surface area contributed by atoms with Crippen LogP contribution in [0, 0.1) is 11.8 Å². The molecule has 0 fully saturated rings. The summed E-state index contributed by atoms with van der Waals surface area (Å²) in [4.78, 5) is 27.7. The number of pyridine rings is 1. The van der Waals surface area contributed by atoms with Crippen LogP contribution in [0.1, 0.15) is 20.8 Å². The molecule has 32 heavy (non-hydrogen) atoms. The Morgan fingerprint density at radius 1 is 1.06 bits per heavy atom. The normalized spacial score (nSPS) is 13.2. The maximum Gasteiger partial charge on any atom is 0.310 e. The minimum Gasteiger partial charge on any atom is -0.444 e. The minimum atomic E-state index is -0.330. The lowest BCUT2D eigenvalue weighted by atomic mass is 9.99. The van der Waals surface area contributed by atoms with Crippen LogP contribution in [0.3, 0.4) is 0 Å². The number of carbonyl (C=O) groups excluding carboxylic acids is 1. The van der Waals surface area contributed by atoms with E-state index < -0.39 is 0 Å². The number of fused-ring (bicyclic) bond motifs is 2. The third-order valence-corrected chi connectivity index (χ3v) is 7.11. The predicted octanol–water partition coefficient (Wildman–Crippen LogP) is 6.82. The number of ether oxygens (including phenoxy) is 1. The maximum absolute atomic E-state index is 13.5. The molecule has 1 N–H and O–H groups in total. The molecule has 0 saturated carbocycles. The number of hydrogen-bond donors (Lipinski definition) is 1. The van der Waals surface area contributed by atoms with Crippen molar-refractivity contribution in [3.8, 4) is 11.1 Å². The fraction of sp³-hybridized carbons (Fsp3) is 0.250. The first-order valence-electron chi connectivity index (χ1n) is 10.2. The van der Waals surface area contributed by atoms with E-state index in [-0.39, 0.29) is 30.1 Å². The highest BCUT2D eigenvalue weighted by Crippen LogP contribution is 2.47. The lowest BCUT2D eigenvalue weighted by molar-refractivity contribution is -0.153. The number of rotatable bonds is 5. The second-order valence-electron chi connectivity index (χ2n) is 8.02. The Balaban J connectivity index is 1.78. The number of halogens is 2. The summed E-state index contributed by atoms with van der Waals surface area (Å²) in [5.41, 5.74) is 2.44. The zero-order valence-corrected chi connectivity index (χ0v) is 20.1. The average molecular weight is 489 g/mol. The monoisotopic (exact) mass is 488 g/mol. The van der Waals surface area contributed by atoms with Gasteiger partial charge in [-0.2, -0.15) is 0 Å². The Bertz CT molecular complexity index is 1240. The van der Waals surface area contributed by atoms with Gasteiger partial charge in [-0.05, 0) is 41.8 Å². The molecule has 1 aliphatic heterocycles. The number of benzene rings is 2. The largest absolute Gasteiger partial charge is 0.444 e. The SMILES string of the molecule is CC(C)C(C)C(=O)OCn1cc2c(c(-c3ccc(Cl)cc3)c1=O)Nc1cc(Cl)ccc1S2. The molecule has 1 aromatic heterocycles. The molecule has 8 heteroatoms. The summed E-state index contributed by atoms with van der Waals surface area (Å²) in [5.74, 6) is -0.439. The van der Waals surface area contributed by atoms with Crippen molar-refractivity contribution in [3.63, 3.8) is 0 Å². The van der Waals surface area contributed by atoms with E-state index in [1.165, 1.54) is 16.3 Å². The molecule has 5 nitrogen and oxygen atoms in total. The van der Waals surface area contributed by atoms with Crippen LogP contribution in [0.4, 0.5) is 11.4 Å². The van der Waals surface area contributed by atoms with Gasteiger partial charge in [0.25, 0.3) is 5.56 Å². The highest BCUT2D eigenvalue weighted by atomic mass is 35.5. The second-order valence-corrected chi connectivity index (χ2v) is 9.97. The standard InChI is InChI=1S/C24H22Cl2N2O3S/c1-13(2)14(3)24(30)31-12-28-11-20-22(27-18-10-17(26)8-9-19(18)32-20)21(23(28)29)15-4-6-16(25)7-5-15/h4-11,13-14,27H,12H2,1-3H3. The van der Waals surface area contributed by atoms with E-state index in [0.29, 0.717) is 26.9 Å². The van der Waals surface area contributed by atoms with Gasteiger partial charge in [-0.25, -0.2) is 0 Å². The summed E-state index contributed by atoms with van der Waals surface area (Å²) >= 11 is 13.8. The van der Waals surface area contributed by atoms with Crippen LogP contribution >= 0.6 is 35.0 Å². The number of aromatic nitrogens is 1. The van der Waals surface area contributed by atoms with Crippen LogP contribution in [-0.2, 0) is 16.3 Å². The first-order chi connectivity index (χ1) is 15.2. The molecular weight excluding hydrogens is 467 g/mol. The Kier molecular flexibility index (Phi) is 6.56. The summed E-state index contributed by atoms with van der Waals surface area (Å²) in [5, 5.41) is 4.55. The molecule has 0 bridgehead atoms. The van der Waals surface area contributed by atoms with Crippen molar-refractivity contribution in [3.05, 3.63) is 69.1 Å². The van der Waals surface area contributed by atoms with E-state index in [4.69, 9.17) is 27.9 Å². The zero-order chi connectivity index (χ0) is 23.0. The fourth-order valence-electron chi connectivity index (χ4n) is 3.30. The van der Waals surface area contributed by atoms with Gasteiger partial charge in [0.2, 0.25) is 0 Å². The molecule has 2 aromatic carbocycles. The van der Waals surface area contributed by atoms with E-state index in [0.717, 1.165) is 15.5 Å². The Hall–Kier alpha value is -2.41. The Labute approximate surface area is 200 Å². The smallest absolute Gasteiger partial charge is 0.310 e. The van der Waals surface area contributed by atoms with Gasteiger partial charge in [0, 0.05) is 21.1 Å². The van der Waals surface area contributed by atoms with Crippen molar-refractivity contribution < 1.29 is 9.53 Å². The number of esters is 1. The minimum absolute atomic E-state index is 0.149. The number of carbonyl (C=O) groups is 1. The van der Waals surface area contributed by atoms with Crippen molar-refractivity contribution in [1.82, 2.24) is 4.57 Å². The van der Waals surface area contributed by atoms with Gasteiger partial charge in [-0.3, -0.25) is 14.2 Å². The van der Waals surface area contributed by atoms with Crippen molar-refractivity contribution in [2.75, 3.05) is 5.32 Å². The number of anilines is 2. The number of nitrogens with one attached hydrogen (secondary N) is 1. The summed E-state index contributed by atoms with van der Waals surface area (Å²) in [6.07, 6.45) is 1.72. The van der Waals surface area contributed by atoms with Gasteiger partial charge in [-0.15, -0.1) is 0 Å². The lowest BCUT2D eigenvalue weighted by Crippen LogP contribution is -2.28. The molecule has 1 atom stereocenters. The van der Waals surface area contributed by atoms with E-state index in [1.807, 2.05) is 39.0 Å². The molecule has 166 valence electrons. The zero-order valence-electron chi connectivity index (χ0n) is 17.8. The summed E-state index contributed by atoms with van der Waals surface area (Å²) in [7, 11) is 0. The quantitative estimate of drug-likeness (QED) is 0.312. The van der Waals surface area contributed by atoms with E-state index >= 15 is 0 Å². The van der Waals surface area contributed by atoms with Crippen LogP contribution < -0.4 is 10.9 Å². The van der Waals surface area contributed by atoms with E-state index in [2.05, 4.69) is 5.32 Å². The summed E-state index contributed by atoms with van der Waals surface area (Å²) < 4.78 is 6.91. The first-order valence-corrected chi connectivity index (χ1v) is 11.8. The highest BCUT2D eigenvalue weighted by Gasteiger charge is 2.25. The van der Waals surface area contributed by atoms with Crippen molar-refractivity contribution >= 4 is 52.3 Å². The summed E-state index contributed by atoms with van der Waals surface area (Å²) in [6, 6.07) is 12.7. The van der Waals surface area contributed by atoms with E-state index in [9.17, 15) is 9.59 Å². The third-order valence-electron chi connectivity index (χ3n) is 5.52. The molecule has 0 spiro atoms. The van der Waals surface area contributed by atoms with Crippen LogP contribution in [0.2, 0.25) is 10.0 Å². The lowest BCUT2D eigenvalue weighted by Gasteiger charge is -2.25. The van der Waals surface area contributed by atoms with Crippen molar-refractivity contribution in [2.24, 2.45) is 11.8 Å². The summed E-state index contributed by atoms with van der Waals surface area (Å²) in [6.45, 7) is 5.59. The van der Waals surface area contributed by atoms with Crippen LogP contribution in [0.15, 0.2) is 63.2 Å². The Morgan fingerprint density at radius 3 is 2.44 bits per heavy atom. The molecule has 4 rings (SSSR count). The van der Waals surface area contributed by atoms with Gasteiger partial charge in [0.15, 0.2) is 6.73 Å². The molecule has 3 aromatic rings. The number of hydrogen-bond acceptors (Lipinski definition) is 5. The average Bonchev–Trinajstić information content (AvgIpc) is 2.76. The Morgan fingerprint density at radius 2 is 1.75 bits per heavy atom. The number of nitrogens with zero attached hydrogens (tertiary/aromatic N) is 1. The molecule has 0 saturated heterocycles. The van der Waals surface area contributed by atoms with Crippen LogP contribution in [0.5, 0.6) is 0 Å². The molecular formula is C24H22Cl2N2O3S. The van der Waals surface area contributed by atoms with Gasteiger partial charge < -0.3 is 10.1 Å². The van der Waals surface area contributed by atoms with Gasteiger partial charge >= 0.3 is 5.97 Å².